The first kappa shape index (κ1) is 11.9. The molecule has 0 aromatic carbocycles. The summed E-state index contributed by atoms with van der Waals surface area (Å²) in [7, 11) is -3.19. The first-order chi connectivity index (χ1) is 6.47. The Morgan fingerprint density at radius 2 is 2.07 bits per heavy atom. The highest BCUT2D eigenvalue weighted by Crippen LogP contribution is 2.25. The van der Waals surface area contributed by atoms with Crippen molar-refractivity contribution in [2.75, 3.05) is 6.61 Å². The lowest BCUT2D eigenvalue weighted by molar-refractivity contribution is 0.213. The molecule has 5 heteroatoms. The molecule has 2 atom stereocenters. The van der Waals surface area contributed by atoms with Crippen LogP contribution in [0.5, 0.6) is 0 Å². The molecule has 0 amide bonds. The smallest absolute Gasteiger partial charge is 0.214 e. The molecule has 0 saturated heterocycles. The highest BCUT2D eigenvalue weighted by molar-refractivity contribution is 7.90. The average Bonchev–Trinajstić information content (AvgIpc) is 2.50. The molecule has 1 rings (SSSR count). The lowest BCUT2D eigenvalue weighted by Gasteiger charge is -2.20. The molecular formula is C9H19NO3S. The van der Waals surface area contributed by atoms with Crippen molar-refractivity contribution in [1.29, 1.82) is 0 Å². The van der Waals surface area contributed by atoms with Crippen LogP contribution < -0.4 is 4.72 Å². The maximum atomic E-state index is 11.6. The van der Waals surface area contributed by atoms with Gasteiger partial charge in [-0.2, -0.15) is 0 Å². The minimum Gasteiger partial charge on any atom is -0.396 e. The lowest BCUT2D eigenvalue weighted by Crippen LogP contribution is -2.41. The van der Waals surface area contributed by atoms with E-state index in [1.54, 1.807) is 13.8 Å². The predicted molar refractivity (Wildman–Crippen MR) is 55.4 cm³/mol. The Morgan fingerprint density at radius 3 is 2.57 bits per heavy atom. The van der Waals surface area contributed by atoms with Gasteiger partial charge >= 0.3 is 0 Å². The molecule has 0 radical (unpaired) electrons. The third-order valence-corrected chi connectivity index (χ3v) is 4.70. The van der Waals surface area contributed by atoms with E-state index in [9.17, 15) is 8.42 Å². The summed E-state index contributed by atoms with van der Waals surface area (Å²) in [4.78, 5) is 0. The Kier molecular flexibility index (Phi) is 3.92. The Hall–Kier alpha value is -0.130. The van der Waals surface area contributed by atoms with Crippen LogP contribution in [0.15, 0.2) is 0 Å². The van der Waals surface area contributed by atoms with E-state index in [4.69, 9.17) is 5.11 Å². The maximum Gasteiger partial charge on any atom is 0.214 e. The molecule has 0 spiro atoms. The summed E-state index contributed by atoms with van der Waals surface area (Å²) in [6.07, 6.45) is 2.76. The Balaban J connectivity index is 2.60. The van der Waals surface area contributed by atoms with Crippen molar-refractivity contribution >= 4 is 10.0 Å². The van der Waals surface area contributed by atoms with Crippen LogP contribution >= 0.6 is 0 Å². The molecule has 0 bridgehead atoms. The normalized spacial score (nSPS) is 28.6. The molecule has 0 aromatic rings. The number of hydrogen-bond donors (Lipinski definition) is 2. The molecular weight excluding hydrogens is 202 g/mol. The van der Waals surface area contributed by atoms with Crippen LogP contribution in [-0.4, -0.2) is 31.4 Å². The van der Waals surface area contributed by atoms with E-state index in [1.165, 1.54) is 0 Å². The molecule has 2 unspecified atom stereocenters. The van der Waals surface area contributed by atoms with Crippen LogP contribution in [0.1, 0.15) is 33.1 Å². The van der Waals surface area contributed by atoms with Crippen molar-refractivity contribution in [2.45, 2.75) is 44.4 Å². The minimum absolute atomic E-state index is 0.0626. The second-order valence-electron chi connectivity index (χ2n) is 4.19. The molecule has 1 aliphatic rings. The van der Waals surface area contributed by atoms with E-state index < -0.39 is 15.3 Å². The van der Waals surface area contributed by atoms with E-state index in [0.717, 1.165) is 19.3 Å². The van der Waals surface area contributed by atoms with Gasteiger partial charge in [0.05, 0.1) is 5.25 Å². The van der Waals surface area contributed by atoms with Gasteiger partial charge in [-0.25, -0.2) is 13.1 Å². The van der Waals surface area contributed by atoms with Crippen molar-refractivity contribution < 1.29 is 13.5 Å². The molecule has 14 heavy (non-hydrogen) atoms. The van der Waals surface area contributed by atoms with Crippen LogP contribution in [-0.2, 0) is 10.0 Å². The molecule has 0 aromatic heterocycles. The van der Waals surface area contributed by atoms with Crippen molar-refractivity contribution in [1.82, 2.24) is 4.72 Å². The topological polar surface area (TPSA) is 66.4 Å². The van der Waals surface area contributed by atoms with Gasteiger partial charge in [0.25, 0.3) is 0 Å². The van der Waals surface area contributed by atoms with Crippen molar-refractivity contribution in [3.8, 4) is 0 Å². The predicted octanol–water partition coefficient (Wildman–Crippen LogP) is 0.475. The van der Waals surface area contributed by atoms with Gasteiger partial charge in [-0.3, -0.25) is 0 Å². The third-order valence-electron chi connectivity index (χ3n) is 2.83. The average molecular weight is 221 g/mol. The number of rotatable bonds is 4. The summed E-state index contributed by atoms with van der Waals surface area (Å²) >= 11 is 0. The van der Waals surface area contributed by atoms with Crippen LogP contribution in [0, 0.1) is 5.92 Å². The summed E-state index contributed by atoms with van der Waals surface area (Å²) in [6.45, 7) is 3.39. The standard InChI is InChI=1S/C9H19NO3S/c1-7(2)14(12,13)10-9-5-3-4-8(9)6-11/h7-11H,3-6H2,1-2H3. The van der Waals surface area contributed by atoms with E-state index in [1.807, 2.05) is 0 Å². The highest BCUT2D eigenvalue weighted by atomic mass is 32.2. The van der Waals surface area contributed by atoms with Gasteiger partial charge < -0.3 is 5.11 Å². The van der Waals surface area contributed by atoms with Crippen LogP contribution in [0.2, 0.25) is 0 Å². The van der Waals surface area contributed by atoms with Crippen LogP contribution in [0.4, 0.5) is 0 Å². The summed E-state index contributed by atoms with van der Waals surface area (Å²) in [5, 5.41) is 8.64. The van der Waals surface area contributed by atoms with Crippen molar-refractivity contribution in [3.63, 3.8) is 0 Å². The summed E-state index contributed by atoms with van der Waals surface area (Å²) < 4.78 is 25.8. The van der Waals surface area contributed by atoms with Crippen LogP contribution in [0.25, 0.3) is 0 Å². The van der Waals surface area contributed by atoms with Gasteiger partial charge in [0, 0.05) is 12.6 Å². The van der Waals surface area contributed by atoms with Gasteiger partial charge in [-0.05, 0) is 32.6 Å². The van der Waals surface area contributed by atoms with E-state index in [0.29, 0.717) is 0 Å². The van der Waals surface area contributed by atoms with Gasteiger partial charge in [0.1, 0.15) is 0 Å². The van der Waals surface area contributed by atoms with Gasteiger partial charge in [0.2, 0.25) is 10.0 Å². The van der Waals surface area contributed by atoms with Gasteiger partial charge in [0.15, 0.2) is 0 Å². The molecule has 84 valence electrons. The highest BCUT2D eigenvalue weighted by Gasteiger charge is 2.30. The zero-order valence-electron chi connectivity index (χ0n) is 8.73. The molecule has 1 fully saturated rings. The number of sulfonamides is 1. The van der Waals surface area contributed by atoms with Gasteiger partial charge in [-0.1, -0.05) is 6.42 Å². The third kappa shape index (κ3) is 2.68. The monoisotopic (exact) mass is 221 g/mol. The number of aliphatic hydroxyl groups is 1. The first-order valence-electron chi connectivity index (χ1n) is 5.09. The SMILES string of the molecule is CC(C)S(=O)(=O)NC1CCCC1CO. The largest absolute Gasteiger partial charge is 0.396 e. The second-order valence-corrected chi connectivity index (χ2v) is 6.46. The fourth-order valence-corrected chi connectivity index (χ4v) is 2.76. The fraction of sp³-hybridized carbons (Fsp3) is 1.00. The van der Waals surface area contributed by atoms with Crippen LogP contribution in [0.3, 0.4) is 0 Å². The Labute approximate surface area is 85.8 Å². The Bertz CT molecular complexity index is 274. The zero-order valence-corrected chi connectivity index (χ0v) is 9.55. The number of hydrogen-bond acceptors (Lipinski definition) is 3. The molecule has 4 nitrogen and oxygen atoms in total. The summed E-state index contributed by atoms with van der Waals surface area (Å²) in [5.74, 6) is 0.100. The van der Waals surface area contributed by atoms with E-state index in [2.05, 4.69) is 4.72 Å². The van der Waals surface area contributed by atoms with Crippen molar-refractivity contribution in [3.05, 3.63) is 0 Å². The van der Waals surface area contributed by atoms with E-state index >= 15 is 0 Å². The molecule has 0 heterocycles. The lowest BCUT2D eigenvalue weighted by atomic mass is 10.1. The Morgan fingerprint density at radius 1 is 1.43 bits per heavy atom. The van der Waals surface area contributed by atoms with Gasteiger partial charge in [-0.15, -0.1) is 0 Å². The second kappa shape index (κ2) is 4.59. The zero-order chi connectivity index (χ0) is 10.8. The summed E-state index contributed by atoms with van der Waals surface area (Å²) in [5.41, 5.74) is 0. The molecule has 1 aliphatic carbocycles. The number of nitrogens with one attached hydrogen (secondary N) is 1. The molecule has 2 N–H and O–H groups in total. The molecule has 1 saturated carbocycles. The van der Waals surface area contributed by atoms with Crippen molar-refractivity contribution in [2.24, 2.45) is 5.92 Å². The quantitative estimate of drug-likeness (QED) is 0.725. The molecule has 0 aliphatic heterocycles. The maximum absolute atomic E-state index is 11.6. The first-order valence-corrected chi connectivity index (χ1v) is 6.64. The minimum atomic E-state index is -3.19. The number of aliphatic hydroxyl groups excluding tert-OH is 1. The fourth-order valence-electron chi connectivity index (χ4n) is 1.76. The van der Waals surface area contributed by atoms with E-state index in [-0.39, 0.29) is 18.6 Å². The summed E-state index contributed by atoms with van der Waals surface area (Å²) in [6, 6.07) is -0.0626.